The third-order valence-electron chi connectivity index (χ3n) is 2.88. The number of carbonyl (C=O) groups excluding carboxylic acids is 1. The Balaban J connectivity index is 0. The van der Waals surface area contributed by atoms with Gasteiger partial charge in [-0.3, -0.25) is 4.79 Å². The van der Waals surface area contributed by atoms with Gasteiger partial charge in [0.25, 0.3) is 0 Å². The van der Waals surface area contributed by atoms with Gasteiger partial charge in [0.15, 0.2) is 0 Å². The van der Waals surface area contributed by atoms with Gasteiger partial charge in [0.05, 0.1) is 5.54 Å². The van der Waals surface area contributed by atoms with E-state index in [1.54, 1.807) is 13.8 Å². The van der Waals surface area contributed by atoms with Crippen LogP contribution in [0, 0.1) is 0 Å². The van der Waals surface area contributed by atoms with Gasteiger partial charge in [-0.15, -0.1) is 24.8 Å². The van der Waals surface area contributed by atoms with Crippen molar-refractivity contribution in [2.75, 3.05) is 20.1 Å². The second kappa shape index (κ2) is 10.9. The van der Waals surface area contributed by atoms with Crippen LogP contribution in [0.4, 0.5) is 0 Å². The third-order valence-corrected chi connectivity index (χ3v) is 2.88. The number of nitrogens with one attached hydrogen (secondary N) is 1. The molecule has 122 valence electrons. The highest BCUT2D eigenvalue weighted by atomic mass is 35.5. The van der Waals surface area contributed by atoms with E-state index in [-0.39, 0.29) is 30.7 Å². The molecule has 1 aromatic carbocycles. The highest BCUT2D eigenvalue weighted by Crippen LogP contribution is 2.02. The van der Waals surface area contributed by atoms with Gasteiger partial charge in [-0.25, -0.2) is 0 Å². The summed E-state index contributed by atoms with van der Waals surface area (Å²) in [5.74, 6) is -0.0989. The fraction of sp³-hybridized carbons (Fsp3) is 0.533. The minimum absolute atomic E-state index is 0. The van der Waals surface area contributed by atoms with Gasteiger partial charge in [-0.2, -0.15) is 0 Å². The number of nitrogens with zero attached hydrogens (tertiary/aromatic N) is 1. The first-order chi connectivity index (χ1) is 8.89. The van der Waals surface area contributed by atoms with Crippen molar-refractivity contribution in [2.45, 2.75) is 32.4 Å². The molecule has 6 heteroatoms. The Bertz CT molecular complexity index is 394. The van der Waals surface area contributed by atoms with Gasteiger partial charge in [0.2, 0.25) is 5.91 Å². The van der Waals surface area contributed by atoms with Crippen LogP contribution in [0.15, 0.2) is 30.3 Å². The summed E-state index contributed by atoms with van der Waals surface area (Å²) in [6, 6.07) is 10.4. The van der Waals surface area contributed by atoms with E-state index in [1.807, 2.05) is 18.2 Å². The van der Waals surface area contributed by atoms with Crippen molar-refractivity contribution in [1.29, 1.82) is 0 Å². The van der Waals surface area contributed by atoms with Crippen molar-refractivity contribution >= 4 is 30.7 Å². The normalized spacial score (nSPS) is 10.5. The fourth-order valence-electron chi connectivity index (χ4n) is 1.75. The summed E-state index contributed by atoms with van der Waals surface area (Å²) >= 11 is 0. The molecular weight excluding hydrogens is 309 g/mol. The van der Waals surface area contributed by atoms with Crippen LogP contribution in [0.25, 0.3) is 0 Å². The van der Waals surface area contributed by atoms with Crippen LogP contribution < -0.4 is 11.1 Å². The molecule has 0 saturated heterocycles. The number of rotatable bonds is 7. The predicted molar refractivity (Wildman–Crippen MR) is 93.2 cm³/mol. The topological polar surface area (TPSA) is 58.4 Å². The van der Waals surface area contributed by atoms with Crippen molar-refractivity contribution in [1.82, 2.24) is 10.2 Å². The molecule has 0 fully saturated rings. The molecule has 0 heterocycles. The predicted octanol–water partition coefficient (Wildman–Crippen LogP) is 2.21. The quantitative estimate of drug-likeness (QED) is 0.751. The molecule has 0 unspecified atom stereocenters. The summed E-state index contributed by atoms with van der Waals surface area (Å²) in [6.07, 6.45) is 0.922. The molecule has 21 heavy (non-hydrogen) atoms. The van der Waals surface area contributed by atoms with Gasteiger partial charge in [0.1, 0.15) is 0 Å². The Kier molecular flexibility index (Phi) is 11.6. The largest absolute Gasteiger partial charge is 0.354 e. The Morgan fingerprint density at radius 2 is 1.81 bits per heavy atom. The molecule has 0 aliphatic rings. The monoisotopic (exact) mass is 335 g/mol. The van der Waals surface area contributed by atoms with Gasteiger partial charge in [-0.05, 0) is 39.4 Å². The summed E-state index contributed by atoms with van der Waals surface area (Å²) in [6.45, 7) is 5.96. The van der Waals surface area contributed by atoms with E-state index in [9.17, 15) is 4.79 Å². The van der Waals surface area contributed by atoms with E-state index < -0.39 is 5.54 Å². The Labute approximate surface area is 140 Å². The number of nitrogens with two attached hydrogens (primary N) is 1. The highest BCUT2D eigenvalue weighted by Gasteiger charge is 2.20. The molecule has 0 spiro atoms. The van der Waals surface area contributed by atoms with Crippen molar-refractivity contribution in [3.05, 3.63) is 35.9 Å². The van der Waals surface area contributed by atoms with Crippen LogP contribution in [0.1, 0.15) is 25.8 Å². The minimum Gasteiger partial charge on any atom is -0.354 e. The molecule has 4 nitrogen and oxygen atoms in total. The summed E-state index contributed by atoms with van der Waals surface area (Å²) < 4.78 is 0. The van der Waals surface area contributed by atoms with Crippen LogP contribution >= 0.6 is 24.8 Å². The van der Waals surface area contributed by atoms with Gasteiger partial charge in [0, 0.05) is 13.1 Å². The molecule has 1 aromatic rings. The standard InChI is InChI=1S/C15H25N3O.2ClH/c1-15(2,16)14(19)17-10-7-11-18(3)12-13-8-5-4-6-9-13;;/h4-6,8-9H,7,10-12,16H2,1-3H3,(H,17,19);2*1H. The SMILES string of the molecule is CN(CCCNC(=O)C(C)(C)N)Cc1ccccc1.Cl.Cl. The van der Waals surface area contributed by atoms with Crippen LogP contribution in [-0.4, -0.2) is 36.5 Å². The van der Waals surface area contributed by atoms with E-state index in [1.165, 1.54) is 5.56 Å². The lowest BCUT2D eigenvalue weighted by Gasteiger charge is -2.19. The minimum atomic E-state index is -0.796. The van der Waals surface area contributed by atoms with E-state index >= 15 is 0 Å². The number of halogens is 2. The van der Waals surface area contributed by atoms with E-state index in [0.29, 0.717) is 6.54 Å². The Hall–Kier alpha value is -0.810. The maximum atomic E-state index is 11.6. The molecular formula is C15H27Cl2N3O. The van der Waals surface area contributed by atoms with Crippen LogP contribution in [0.3, 0.4) is 0 Å². The molecule has 0 aliphatic carbocycles. The average molecular weight is 336 g/mol. The number of hydrogen-bond acceptors (Lipinski definition) is 3. The molecule has 0 aromatic heterocycles. The average Bonchev–Trinajstić information content (AvgIpc) is 2.34. The maximum Gasteiger partial charge on any atom is 0.239 e. The Morgan fingerprint density at radius 3 is 2.33 bits per heavy atom. The molecule has 0 bridgehead atoms. The summed E-state index contributed by atoms with van der Waals surface area (Å²) in [5.41, 5.74) is 6.21. The zero-order chi connectivity index (χ0) is 14.3. The zero-order valence-corrected chi connectivity index (χ0v) is 14.6. The summed E-state index contributed by atoms with van der Waals surface area (Å²) in [7, 11) is 2.09. The van der Waals surface area contributed by atoms with E-state index in [4.69, 9.17) is 5.73 Å². The fourth-order valence-corrected chi connectivity index (χ4v) is 1.75. The lowest BCUT2D eigenvalue weighted by Crippen LogP contribution is -2.49. The maximum absolute atomic E-state index is 11.6. The van der Waals surface area contributed by atoms with Gasteiger partial charge < -0.3 is 16.0 Å². The van der Waals surface area contributed by atoms with Crippen molar-refractivity contribution in [3.8, 4) is 0 Å². The zero-order valence-electron chi connectivity index (χ0n) is 13.0. The molecule has 0 saturated carbocycles. The van der Waals surface area contributed by atoms with E-state index in [0.717, 1.165) is 19.5 Å². The summed E-state index contributed by atoms with van der Waals surface area (Å²) in [4.78, 5) is 13.8. The molecule has 0 atom stereocenters. The molecule has 0 radical (unpaired) electrons. The highest BCUT2D eigenvalue weighted by molar-refractivity contribution is 5.85. The van der Waals surface area contributed by atoms with Gasteiger partial charge in [-0.1, -0.05) is 30.3 Å². The molecule has 3 N–H and O–H groups in total. The van der Waals surface area contributed by atoms with Crippen molar-refractivity contribution in [3.63, 3.8) is 0 Å². The van der Waals surface area contributed by atoms with Crippen molar-refractivity contribution in [2.24, 2.45) is 5.73 Å². The number of benzene rings is 1. The summed E-state index contributed by atoms with van der Waals surface area (Å²) in [5, 5.41) is 2.85. The second-order valence-electron chi connectivity index (χ2n) is 5.55. The van der Waals surface area contributed by atoms with E-state index in [2.05, 4.69) is 29.4 Å². The van der Waals surface area contributed by atoms with Crippen molar-refractivity contribution < 1.29 is 4.79 Å². The number of hydrogen-bond donors (Lipinski definition) is 2. The first kappa shape index (κ1) is 22.5. The van der Waals surface area contributed by atoms with Crippen LogP contribution in [0.2, 0.25) is 0 Å². The first-order valence-corrected chi connectivity index (χ1v) is 6.69. The molecule has 1 amide bonds. The Morgan fingerprint density at radius 1 is 1.24 bits per heavy atom. The van der Waals surface area contributed by atoms with Crippen LogP contribution in [-0.2, 0) is 11.3 Å². The smallest absolute Gasteiger partial charge is 0.239 e. The second-order valence-corrected chi connectivity index (χ2v) is 5.55. The lowest BCUT2D eigenvalue weighted by molar-refractivity contribution is -0.125. The van der Waals surface area contributed by atoms with Gasteiger partial charge >= 0.3 is 0 Å². The number of amides is 1. The molecule has 1 rings (SSSR count). The molecule has 0 aliphatic heterocycles. The van der Waals surface area contributed by atoms with Crippen LogP contribution in [0.5, 0.6) is 0 Å². The third kappa shape index (κ3) is 9.69. The first-order valence-electron chi connectivity index (χ1n) is 6.69. The number of carbonyl (C=O) groups is 1. The lowest BCUT2D eigenvalue weighted by atomic mass is 10.1.